The summed E-state index contributed by atoms with van der Waals surface area (Å²) in [5, 5.41) is 2.61. The van der Waals surface area contributed by atoms with E-state index < -0.39 is 35.2 Å². The van der Waals surface area contributed by atoms with Gasteiger partial charge in [0.25, 0.3) is 11.8 Å². The maximum Gasteiger partial charge on any atom is 0.416 e. The first-order valence-corrected chi connectivity index (χ1v) is 9.24. The number of hydrogen-bond acceptors (Lipinski definition) is 3. The number of nitrogens with zero attached hydrogens (tertiary/aromatic N) is 1. The summed E-state index contributed by atoms with van der Waals surface area (Å²) < 4.78 is 65.9. The monoisotopic (exact) mass is 444 g/mol. The van der Waals surface area contributed by atoms with Crippen LogP contribution in [-0.4, -0.2) is 11.8 Å². The molecule has 0 unspecified atom stereocenters. The molecule has 1 aliphatic rings. The van der Waals surface area contributed by atoms with E-state index in [0.717, 1.165) is 47.4 Å². The van der Waals surface area contributed by atoms with Crippen molar-refractivity contribution in [2.45, 2.75) is 6.18 Å². The van der Waals surface area contributed by atoms with E-state index in [4.69, 9.17) is 0 Å². The number of alkyl halides is 3. The van der Waals surface area contributed by atoms with Gasteiger partial charge in [-0.25, -0.2) is 13.7 Å². The third-order valence-electron chi connectivity index (χ3n) is 4.76. The SMILES string of the molecule is O=C1C(Nc2cccc(C(F)(F)F)c2)=C(c2ccc(F)cc2)C(=O)N1c1ccc(F)cc1. The van der Waals surface area contributed by atoms with E-state index in [1.165, 1.54) is 30.3 Å². The molecule has 1 aliphatic heterocycles. The molecule has 32 heavy (non-hydrogen) atoms. The largest absolute Gasteiger partial charge is 0.416 e. The summed E-state index contributed by atoms with van der Waals surface area (Å²) in [6.45, 7) is 0. The highest BCUT2D eigenvalue weighted by Gasteiger charge is 2.40. The summed E-state index contributed by atoms with van der Waals surface area (Å²) in [7, 11) is 0. The van der Waals surface area contributed by atoms with Crippen molar-refractivity contribution in [3.63, 3.8) is 0 Å². The van der Waals surface area contributed by atoms with Gasteiger partial charge in [0, 0.05) is 5.69 Å². The summed E-state index contributed by atoms with van der Waals surface area (Å²) in [5.74, 6) is -2.79. The van der Waals surface area contributed by atoms with Gasteiger partial charge < -0.3 is 5.32 Å². The molecule has 0 atom stereocenters. The number of hydrogen-bond donors (Lipinski definition) is 1. The van der Waals surface area contributed by atoms with Gasteiger partial charge in [-0.1, -0.05) is 18.2 Å². The quantitative estimate of drug-likeness (QED) is 0.434. The Morgan fingerprint density at radius 2 is 1.34 bits per heavy atom. The standard InChI is InChI=1S/C23H13F5N2O2/c24-15-6-4-13(5-7-15)19-20(29-17-3-1-2-14(12-17)23(26,27)28)22(32)30(21(19)31)18-10-8-16(25)9-11-18/h1-12,29H. The summed E-state index contributed by atoms with van der Waals surface area (Å²) in [5.41, 5.74) is -1.21. The number of amides is 2. The highest BCUT2D eigenvalue weighted by molar-refractivity contribution is 6.46. The average molecular weight is 444 g/mol. The molecule has 4 nitrogen and oxygen atoms in total. The van der Waals surface area contributed by atoms with E-state index in [1.54, 1.807) is 0 Å². The summed E-state index contributed by atoms with van der Waals surface area (Å²) in [4.78, 5) is 27.1. The first-order valence-electron chi connectivity index (χ1n) is 9.24. The molecular formula is C23H13F5N2O2. The van der Waals surface area contributed by atoms with Crippen LogP contribution >= 0.6 is 0 Å². The van der Waals surface area contributed by atoms with E-state index in [-0.39, 0.29) is 28.2 Å². The van der Waals surface area contributed by atoms with Gasteiger partial charge in [-0.3, -0.25) is 9.59 Å². The van der Waals surface area contributed by atoms with Crippen molar-refractivity contribution >= 4 is 28.8 Å². The molecule has 0 aliphatic carbocycles. The maximum absolute atomic E-state index is 13.4. The number of imide groups is 1. The Balaban J connectivity index is 1.81. The van der Waals surface area contributed by atoms with Crippen molar-refractivity contribution in [1.82, 2.24) is 0 Å². The lowest BCUT2D eigenvalue weighted by Crippen LogP contribution is -2.32. The van der Waals surface area contributed by atoms with Gasteiger partial charge in [0.1, 0.15) is 17.3 Å². The van der Waals surface area contributed by atoms with E-state index in [1.807, 2.05) is 0 Å². The second kappa shape index (κ2) is 7.92. The minimum Gasteiger partial charge on any atom is -0.350 e. The van der Waals surface area contributed by atoms with Gasteiger partial charge in [0.05, 0.1) is 16.8 Å². The number of nitrogens with one attached hydrogen (secondary N) is 1. The summed E-state index contributed by atoms with van der Waals surface area (Å²) in [6.07, 6.45) is -4.61. The molecule has 1 N–H and O–H groups in total. The Hall–Kier alpha value is -4.01. The predicted molar refractivity (Wildman–Crippen MR) is 107 cm³/mol. The molecule has 4 rings (SSSR count). The lowest BCUT2D eigenvalue weighted by atomic mass is 10.0. The number of carbonyl (C=O) groups is 2. The maximum atomic E-state index is 13.4. The minimum atomic E-state index is -4.61. The van der Waals surface area contributed by atoms with Crippen LogP contribution in [0.15, 0.2) is 78.5 Å². The lowest BCUT2D eigenvalue weighted by Gasteiger charge is -2.15. The second-order valence-corrected chi connectivity index (χ2v) is 6.88. The fraction of sp³-hybridized carbons (Fsp3) is 0.0435. The summed E-state index contributed by atoms with van der Waals surface area (Å²) >= 11 is 0. The van der Waals surface area contributed by atoms with E-state index >= 15 is 0 Å². The zero-order chi connectivity index (χ0) is 23.0. The smallest absolute Gasteiger partial charge is 0.350 e. The highest BCUT2D eigenvalue weighted by atomic mass is 19.4. The zero-order valence-electron chi connectivity index (χ0n) is 16.1. The van der Waals surface area contributed by atoms with E-state index in [0.29, 0.717) is 0 Å². The second-order valence-electron chi connectivity index (χ2n) is 6.88. The van der Waals surface area contributed by atoms with Crippen molar-refractivity contribution < 1.29 is 31.5 Å². The molecule has 3 aromatic rings. The van der Waals surface area contributed by atoms with Crippen molar-refractivity contribution in [2.24, 2.45) is 0 Å². The van der Waals surface area contributed by atoms with Crippen LogP contribution in [0.5, 0.6) is 0 Å². The van der Waals surface area contributed by atoms with Crippen LogP contribution in [0.1, 0.15) is 11.1 Å². The van der Waals surface area contributed by atoms with Crippen LogP contribution < -0.4 is 10.2 Å². The molecular weight excluding hydrogens is 431 g/mol. The molecule has 0 radical (unpaired) electrons. The minimum absolute atomic E-state index is 0.0712. The fourth-order valence-corrected chi connectivity index (χ4v) is 3.27. The topological polar surface area (TPSA) is 49.4 Å². The molecule has 162 valence electrons. The number of rotatable bonds is 4. The van der Waals surface area contributed by atoms with Crippen molar-refractivity contribution in [3.8, 4) is 0 Å². The number of benzene rings is 3. The summed E-state index contributed by atoms with van der Waals surface area (Å²) in [6, 6.07) is 13.4. The molecule has 2 amide bonds. The van der Waals surface area contributed by atoms with Gasteiger partial charge in [-0.2, -0.15) is 13.2 Å². The molecule has 0 spiro atoms. The van der Waals surface area contributed by atoms with Crippen LogP contribution in [0.25, 0.3) is 5.57 Å². The third-order valence-corrected chi connectivity index (χ3v) is 4.76. The predicted octanol–water partition coefficient (Wildman–Crippen LogP) is 5.38. The lowest BCUT2D eigenvalue weighted by molar-refractivity contribution is -0.137. The fourth-order valence-electron chi connectivity index (χ4n) is 3.27. The third kappa shape index (κ3) is 3.96. The molecule has 3 aromatic carbocycles. The Kier molecular flexibility index (Phi) is 5.25. The number of carbonyl (C=O) groups excluding carboxylic acids is 2. The first-order chi connectivity index (χ1) is 15.1. The average Bonchev–Trinajstić information content (AvgIpc) is 2.99. The van der Waals surface area contributed by atoms with Crippen molar-refractivity contribution in [2.75, 3.05) is 10.2 Å². The van der Waals surface area contributed by atoms with Crippen LogP contribution in [0.2, 0.25) is 0 Å². The molecule has 0 saturated heterocycles. The molecule has 1 heterocycles. The van der Waals surface area contributed by atoms with Gasteiger partial charge in [-0.05, 0) is 60.2 Å². The molecule has 0 fully saturated rings. The van der Waals surface area contributed by atoms with Crippen LogP contribution in [0, 0.1) is 11.6 Å². The molecule has 9 heteroatoms. The van der Waals surface area contributed by atoms with Gasteiger partial charge in [-0.15, -0.1) is 0 Å². The van der Waals surface area contributed by atoms with Crippen molar-refractivity contribution in [3.05, 3.63) is 101 Å². The molecule has 0 saturated carbocycles. The van der Waals surface area contributed by atoms with Crippen LogP contribution in [0.3, 0.4) is 0 Å². The van der Waals surface area contributed by atoms with Crippen LogP contribution in [-0.2, 0) is 15.8 Å². The van der Waals surface area contributed by atoms with E-state index in [2.05, 4.69) is 5.32 Å². The Labute approximate surface area is 178 Å². The Morgan fingerprint density at radius 1 is 0.750 bits per heavy atom. The number of halogens is 5. The molecule has 0 bridgehead atoms. The Bertz CT molecular complexity index is 1230. The van der Waals surface area contributed by atoms with Gasteiger partial charge in [0.2, 0.25) is 0 Å². The number of anilines is 2. The van der Waals surface area contributed by atoms with E-state index in [9.17, 15) is 31.5 Å². The zero-order valence-corrected chi connectivity index (χ0v) is 16.1. The molecule has 0 aromatic heterocycles. The van der Waals surface area contributed by atoms with Gasteiger partial charge >= 0.3 is 6.18 Å². The highest BCUT2D eigenvalue weighted by Crippen LogP contribution is 2.35. The van der Waals surface area contributed by atoms with Crippen LogP contribution in [0.4, 0.5) is 33.3 Å². The Morgan fingerprint density at radius 3 is 1.94 bits per heavy atom. The normalized spacial score (nSPS) is 14.3. The van der Waals surface area contributed by atoms with Gasteiger partial charge in [0.15, 0.2) is 0 Å². The van der Waals surface area contributed by atoms with Crippen molar-refractivity contribution in [1.29, 1.82) is 0 Å². The first kappa shape index (κ1) is 21.2.